The minimum absolute atomic E-state index is 0. The van der Waals surface area contributed by atoms with Gasteiger partial charge in [0.25, 0.3) is 0 Å². The molecule has 0 saturated heterocycles. The zero-order valence-electron chi connectivity index (χ0n) is 12.8. The summed E-state index contributed by atoms with van der Waals surface area (Å²) < 4.78 is 0. The van der Waals surface area contributed by atoms with Crippen LogP contribution < -0.4 is 0 Å². The Labute approximate surface area is 140 Å². The minimum atomic E-state index is 0. The molecule has 3 aliphatic rings. The normalized spacial score (nSPS) is 30.2. The van der Waals surface area contributed by atoms with Crippen LogP contribution in [0.1, 0.15) is 78.6 Å². The van der Waals surface area contributed by atoms with Gasteiger partial charge in [-0.15, -0.1) is 0 Å². The van der Waals surface area contributed by atoms with E-state index in [1.54, 1.807) is 19.3 Å². The fourth-order valence-corrected chi connectivity index (χ4v) is 3.94. The predicted octanol–water partition coefficient (Wildman–Crippen LogP) is 5.62. The van der Waals surface area contributed by atoms with E-state index < -0.39 is 0 Å². The molecule has 1 radical (unpaired) electrons. The van der Waals surface area contributed by atoms with Gasteiger partial charge in [-0.1, -0.05) is 39.0 Å². The summed E-state index contributed by atoms with van der Waals surface area (Å²) in [7, 11) is 0. The average Bonchev–Trinajstić information content (AvgIpc) is 2.97. The molecule has 103 valence electrons. The van der Waals surface area contributed by atoms with Crippen LogP contribution in [0.3, 0.4) is 0 Å². The molecule has 0 nitrogen and oxygen atoms in total. The maximum Gasteiger partial charge on any atom is 0 e. The summed E-state index contributed by atoms with van der Waals surface area (Å²) in [4.78, 5) is 0. The van der Waals surface area contributed by atoms with E-state index in [4.69, 9.17) is 0 Å². The summed E-state index contributed by atoms with van der Waals surface area (Å²) in [5.41, 5.74) is 1.56. The predicted molar refractivity (Wildman–Crippen MR) is 75.8 cm³/mol. The molecular formula is C17H31Y-. The van der Waals surface area contributed by atoms with Crippen molar-refractivity contribution in [1.29, 1.82) is 0 Å². The molecule has 1 heteroatoms. The van der Waals surface area contributed by atoms with E-state index >= 15 is 0 Å². The van der Waals surface area contributed by atoms with Crippen molar-refractivity contribution < 1.29 is 32.7 Å². The van der Waals surface area contributed by atoms with Crippen LogP contribution in [0.15, 0.2) is 0 Å². The van der Waals surface area contributed by atoms with Crippen molar-refractivity contribution in [3.8, 4) is 0 Å². The van der Waals surface area contributed by atoms with E-state index in [0.29, 0.717) is 5.41 Å². The summed E-state index contributed by atoms with van der Waals surface area (Å²) in [6, 6.07) is 0. The molecule has 0 aromatic carbocycles. The maximum absolute atomic E-state index is 3.94. The fraction of sp³-hybridized carbons (Fsp3) is 0.941. The van der Waals surface area contributed by atoms with Gasteiger partial charge < -0.3 is 6.92 Å². The van der Waals surface area contributed by atoms with Gasteiger partial charge in [-0.05, 0) is 55.8 Å². The van der Waals surface area contributed by atoms with E-state index in [-0.39, 0.29) is 32.7 Å². The van der Waals surface area contributed by atoms with Crippen LogP contribution in [0.5, 0.6) is 0 Å². The number of rotatable bonds is 2. The fourth-order valence-electron chi connectivity index (χ4n) is 3.94. The monoisotopic (exact) mass is 324 g/mol. The van der Waals surface area contributed by atoms with Gasteiger partial charge >= 0.3 is 0 Å². The topological polar surface area (TPSA) is 0 Å². The third-order valence-electron chi connectivity index (χ3n) is 6.33. The van der Waals surface area contributed by atoms with Crippen molar-refractivity contribution in [2.75, 3.05) is 0 Å². The Hall–Kier alpha value is 1.10. The van der Waals surface area contributed by atoms with Crippen LogP contribution in [0, 0.1) is 29.6 Å². The molecule has 3 aliphatic carbocycles. The molecule has 18 heavy (non-hydrogen) atoms. The standard InChI is InChI=1S/C9H16.C8H15.Y/c1-8-4-7-9(8)5-2-3-6-9;1-4-8(5-6-8)7(2)3;/h8H,2-7H2,1H3;7H,1,4-6H2,2-3H3;/q;-1;. The zero-order valence-corrected chi connectivity index (χ0v) is 15.6. The van der Waals surface area contributed by atoms with Gasteiger partial charge in [-0.3, -0.25) is 0 Å². The Morgan fingerprint density at radius 2 is 1.61 bits per heavy atom. The average molecular weight is 324 g/mol. The van der Waals surface area contributed by atoms with Gasteiger partial charge in [0.15, 0.2) is 0 Å². The first-order valence-corrected chi connectivity index (χ1v) is 7.84. The van der Waals surface area contributed by atoms with Gasteiger partial charge in [0.05, 0.1) is 0 Å². The van der Waals surface area contributed by atoms with Crippen molar-refractivity contribution in [3.05, 3.63) is 6.92 Å². The summed E-state index contributed by atoms with van der Waals surface area (Å²) in [6.45, 7) is 11.0. The zero-order chi connectivity index (χ0) is 12.5. The molecule has 0 aliphatic heterocycles. The van der Waals surface area contributed by atoms with Crippen molar-refractivity contribution in [2.24, 2.45) is 22.7 Å². The SMILES string of the molecule is CC1CCC12CCCC2.[CH2-]CC1(C(C)C)CC1.[Y]. The molecule has 1 atom stereocenters. The summed E-state index contributed by atoms with van der Waals surface area (Å²) in [5.74, 6) is 1.93. The van der Waals surface area contributed by atoms with E-state index in [2.05, 4.69) is 27.7 Å². The van der Waals surface area contributed by atoms with Crippen molar-refractivity contribution in [2.45, 2.75) is 78.6 Å². The first-order valence-electron chi connectivity index (χ1n) is 7.84. The Bertz CT molecular complexity index is 246. The van der Waals surface area contributed by atoms with Crippen LogP contribution in [0.25, 0.3) is 0 Å². The Morgan fingerprint density at radius 3 is 1.72 bits per heavy atom. The van der Waals surface area contributed by atoms with E-state index in [0.717, 1.165) is 23.7 Å². The molecule has 0 aromatic rings. The molecule has 0 aromatic heterocycles. The second-order valence-corrected chi connectivity index (χ2v) is 7.28. The number of hydrogen-bond acceptors (Lipinski definition) is 0. The van der Waals surface area contributed by atoms with Gasteiger partial charge in [0.2, 0.25) is 0 Å². The quantitative estimate of drug-likeness (QED) is 0.578. The molecular weight excluding hydrogens is 293 g/mol. The second kappa shape index (κ2) is 6.71. The van der Waals surface area contributed by atoms with Gasteiger partial charge in [0, 0.05) is 32.7 Å². The number of hydrogen-bond donors (Lipinski definition) is 0. The second-order valence-electron chi connectivity index (χ2n) is 7.28. The minimum Gasteiger partial charge on any atom is -0.343 e. The first-order chi connectivity index (χ1) is 8.05. The summed E-state index contributed by atoms with van der Waals surface area (Å²) >= 11 is 0. The van der Waals surface area contributed by atoms with Crippen LogP contribution in [-0.4, -0.2) is 0 Å². The smallest absolute Gasteiger partial charge is 0 e. The molecule has 1 spiro atoms. The van der Waals surface area contributed by atoms with Crippen LogP contribution in [0.4, 0.5) is 0 Å². The van der Waals surface area contributed by atoms with Gasteiger partial charge in [-0.25, -0.2) is 0 Å². The molecule has 1 unspecified atom stereocenters. The van der Waals surface area contributed by atoms with Crippen molar-refractivity contribution in [3.63, 3.8) is 0 Å². The van der Waals surface area contributed by atoms with Crippen molar-refractivity contribution >= 4 is 0 Å². The maximum atomic E-state index is 3.94. The third-order valence-corrected chi connectivity index (χ3v) is 6.33. The largest absolute Gasteiger partial charge is 0.343 e. The Morgan fingerprint density at radius 1 is 1.06 bits per heavy atom. The molecule has 3 saturated carbocycles. The van der Waals surface area contributed by atoms with Gasteiger partial charge in [-0.2, -0.15) is 6.42 Å². The molecule has 0 bridgehead atoms. The van der Waals surface area contributed by atoms with Crippen LogP contribution >= 0.6 is 0 Å². The van der Waals surface area contributed by atoms with E-state index in [1.807, 2.05) is 0 Å². The molecule has 3 fully saturated rings. The third kappa shape index (κ3) is 3.40. The first kappa shape index (κ1) is 17.2. The van der Waals surface area contributed by atoms with Crippen LogP contribution in [0.2, 0.25) is 0 Å². The molecule has 3 rings (SSSR count). The summed E-state index contributed by atoms with van der Waals surface area (Å²) in [6.07, 6.45) is 13.2. The van der Waals surface area contributed by atoms with Crippen LogP contribution in [-0.2, 0) is 32.7 Å². The van der Waals surface area contributed by atoms with E-state index in [9.17, 15) is 0 Å². The Kier molecular flexibility index (Phi) is 6.39. The Balaban J connectivity index is 0.000000172. The molecule has 0 amide bonds. The van der Waals surface area contributed by atoms with E-state index in [1.165, 1.54) is 32.1 Å². The van der Waals surface area contributed by atoms with Crippen molar-refractivity contribution in [1.82, 2.24) is 0 Å². The van der Waals surface area contributed by atoms with Gasteiger partial charge in [0.1, 0.15) is 0 Å². The summed E-state index contributed by atoms with van der Waals surface area (Å²) in [5, 5.41) is 0. The molecule has 0 N–H and O–H groups in total. The molecule has 0 heterocycles.